The van der Waals surface area contributed by atoms with Gasteiger partial charge in [-0.2, -0.15) is 0 Å². The second kappa shape index (κ2) is 7.56. The zero-order chi connectivity index (χ0) is 13.5. The summed E-state index contributed by atoms with van der Waals surface area (Å²) >= 11 is 1.66. The molecule has 0 unspecified atom stereocenters. The lowest BCUT2D eigenvalue weighted by molar-refractivity contribution is -0.116. The molecule has 1 fully saturated rings. The second-order valence-electron chi connectivity index (χ2n) is 4.98. The number of hydrogen-bond acceptors (Lipinski definition) is 3. The van der Waals surface area contributed by atoms with Crippen molar-refractivity contribution in [2.75, 3.05) is 24.7 Å². The fourth-order valence-corrected chi connectivity index (χ4v) is 3.02. The Kier molecular flexibility index (Phi) is 5.73. The monoisotopic (exact) mass is 278 g/mol. The van der Waals surface area contributed by atoms with Crippen molar-refractivity contribution in [3.05, 3.63) is 24.3 Å². The number of hydrogen-bond donors (Lipinski definition) is 2. The first kappa shape index (κ1) is 14.4. The minimum Gasteiger partial charge on any atom is -0.325 e. The number of carbonyl (C=O) groups excluding carboxylic acids is 1. The molecular formula is C15H22N2OS. The van der Waals surface area contributed by atoms with Gasteiger partial charge in [0.15, 0.2) is 0 Å². The Hall–Kier alpha value is -1.00. The molecule has 0 aromatic heterocycles. The Morgan fingerprint density at radius 3 is 2.84 bits per heavy atom. The normalized spacial score (nSPS) is 16.3. The van der Waals surface area contributed by atoms with Crippen LogP contribution in [0.2, 0.25) is 0 Å². The lowest BCUT2D eigenvalue weighted by Gasteiger charge is -2.22. The van der Waals surface area contributed by atoms with Gasteiger partial charge in [-0.25, -0.2) is 0 Å². The number of thioether (sulfide) groups is 1. The molecular weight excluding hydrogens is 256 g/mol. The van der Waals surface area contributed by atoms with Crippen LogP contribution in [0.4, 0.5) is 5.69 Å². The molecule has 1 aromatic carbocycles. The zero-order valence-corrected chi connectivity index (χ0v) is 12.3. The van der Waals surface area contributed by atoms with E-state index in [1.54, 1.807) is 11.8 Å². The molecule has 0 aliphatic carbocycles. The maximum absolute atomic E-state index is 12.0. The molecule has 0 radical (unpaired) electrons. The predicted octanol–water partition coefficient (Wildman–Crippen LogP) is 3.13. The number of carbonyl (C=O) groups is 1. The lowest BCUT2D eigenvalue weighted by Crippen LogP contribution is -2.28. The van der Waals surface area contributed by atoms with Crippen molar-refractivity contribution < 1.29 is 4.79 Å². The molecule has 2 rings (SSSR count). The number of piperidine rings is 1. The summed E-state index contributed by atoms with van der Waals surface area (Å²) in [6.07, 6.45) is 6.08. The molecule has 1 amide bonds. The molecule has 1 heterocycles. The van der Waals surface area contributed by atoms with E-state index in [2.05, 4.69) is 10.6 Å². The molecule has 0 saturated carbocycles. The van der Waals surface area contributed by atoms with Crippen molar-refractivity contribution >= 4 is 23.4 Å². The first-order valence-corrected chi connectivity index (χ1v) is 8.15. The van der Waals surface area contributed by atoms with Crippen LogP contribution >= 0.6 is 11.8 Å². The second-order valence-corrected chi connectivity index (χ2v) is 5.83. The highest BCUT2D eigenvalue weighted by molar-refractivity contribution is 7.98. The molecule has 19 heavy (non-hydrogen) atoms. The van der Waals surface area contributed by atoms with E-state index in [0.29, 0.717) is 12.3 Å². The summed E-state index contributed by atoms with van der Waals surface area (Å²) in [4.78, 5) is 13.1. The average molecular weight is 278 g/mol. The first-order valence-electron chi connectivity index (χ1n) is 6.93. The summed E-state index contributed by atoms with van der Waals surface area (Å²) in [5.41, 5.74) is 0.935. The van der Waals surface area contributed by atoms with Crippen molar-refractivity contribution in [3.8, 4) is 0 Å². The van der Waals surface area contributed by atoms with Crippen LogP contribution in [-0.2, 0) is 4.79 Å². The molecule has 104 valence electrons. The van der Waals surface area contributed by atoms with Gasteiger partial charge in [-0.15, -0.1) is 11.8 Å². The standard InChI is InChI=1S/C15H22N2OS/c1-19-14-5-3-2-4-13(14)17-15(18)7-6-12-8-10-16-11-9-12/h2-5,12,16H,6-11H2,1H3,(H,17,18). The van der Waals surface area contributed by atoms with Gasteiger partial charge in [0.25, 0.3) is 0 Å². The number of amides is 1. The van der Waals surface area contributed by atoms with E-state index in [9.17, 15) is 4.79 Å². The fourth-order valence-electron chi connectivity index (χ4n) is 2.47. The fraction of sp³-hybridized carbons (Fsp3) is 0.533. The SMILES string of the molecule is CSc1ccccc1NC(=O)CCC1CCNCC1. The van der Waals surface area contributed by atoms with E-state index in [1.165, 1.54) is 12.8 Å². The van der Waals surface area contributed by atoms with Gasteiger partial charge in [-0.1, -0.05) is 12.1 Å². The van der Waals surface area contributed by atoms with Crippen LogP contribution in [0.5, 0.6) is 0 Å². The molecule has 0 atom stereocenters. The van der Waals surface area contributed by atoms with Gasteiger partial charge in [-0.05, 0) is 56.7 Å². The molecule has 4 heteroatoms. The number of nitrogens with one attached hydrogen (secondary N) is 2. The van der Waals surface area contributed by atoms with Gasteiger partial charge < -0.3 is 10.6 Å². The summed E-state index contributed by atoms with van der Waals surface area (Å²) < 4.78 is 0. The third-order valence-electron chi connectivity index (χ3n) is 3.62. The van der Waals surface area contributed by atoms with Crippen LogP contribution in [0.3, 0.4) is 0 Å². The van der Waals surface area contributed by atoms with E-state index in [1.807, 2.05) is 30.5 Å². The Balaban J connectivity index is 1.80. The maximum Gasteiger partial charge on any atom is 0.224 e. The van der Waals surface area contributed by atoms with E-state index in [0.717, 1.165) is 30.1 Å². The minimum absolute atomic E-state index is 0.139. The lowest BCUT2D eigenvalue weighted by atomic mass is 9.93. The highest BCUT2D eigenvalue weighted by Crippen LogP contribution is 2.25. The van der Waals surface area contributed by atoms with Gasteiger partial charge >= 0.3 is 0 Å². The topological polar surface area (TPSA) is 41.1 Å². The predicted molar refractivity (Wildman–Crippen MR) is 81.7 cm³/mol. The van der Waals surface area contributed by atoms with Crippen LogP contribution in [-0.4, -0.2) is 25.3 Å². The van der Waals surface area contributed by atoms with E-state index in [-0.39, 0.29) is 5.91 Å². The first-order chi connectivity index (χ1) is 9.29. The minimum atomic E-state index is 0.139. The third-order valence-corrected chi connectivity index (χ3v) is 4.42. The molecule has 3 nitrogen and oxygen atoms in total. The number of para-hydroxylation sites is 1. The van der Waals surface area contributed by atoms with Crippen LogP contribution < -0.4 is 10.6 Å². The molecule has 1 aliphatic heterocycles. The number of benzene rings is 1. The van der Waals surface area contributed by atoms with Crippen LogP contribution in [0.1, 0.15) is 25.7 Å². The molecule has 0 bridgehead atoms. The zero-order valence-electron chi connectivity index (χ0n) is 11.4. The summed E-state index contributed by atoms with van der Waals surface area (Å²) in [5.74, 6) is 0.850. The van der Waals surface area contributed by atoms with Gasteiger partial charge in [0.05, 0.1) is 5.69 Å². The van der Waals surface area contributed by atoms with E-state index >= 15 is 0 Å². The Morgan fingerprint density at radius 1 is 1.37 bits per heavy atom. The molecule has 1 saturated heterocycles. The highest BCUT2D eigenvalue weighted by Gasteiger charge is 2.14. The largest absolute Gasteiger partial charge is 0.325 e. The molecule has 0 spiro atoms. The molecule has 1 aliphatic rings. The summed E-state index contributed by atoms with van der Waals surface area (Å²) in [5, 5.41) is 6.38. The number of rotatable bonds is 5. The molecule has 2 N–H and O–H groups in total. The quantitative estimate of drug-likeness (QED) is 0.813. The van der Waals surface area contributed by atoms with E-state index < -0.39 is 0 Å². The van der Waals surface area contributed by atoms with Crippen molar-refractivity contribution in [3.63, 3.8) is 0 Å². The van der Waals surface area contributed by atoms with Crippen LogP contribution in [0.15, 0.2) is 29.2 Å². The van der Waals surface area contributed by atoms with Crippen LogP contribution in [0, 0.1) is 5.92 Å². The summed E-state index contributed by atoms with van der Waals surface area (Å²) in [6, 6.07) is 7.96. The smallest absolute Gasteiger partial charge is 0.224 e. The molecule has 1 aromatic rings. The average Bonchev–Trinajstić information content (AvgIpc) is 2.47. The van der Waals surface area contributed by atoms with Gasteiger partial charge in [0, 0.05) is 11.3 Å². The van der Waals surface area contributed by atoms with Crippen molar-refractivity contribution in [1.82, 2.24) is 5.32 Å². The van der Waals surface area contributed by atoms with Gasteiger partial charge in [-0.3, -0.25) is 4.79 Å². The van der Waals surface area contributed by atoms with Gasteiger partial charge in [0.1, 0.15) is 0 Å². The Bertz CT molecular complexity index is 416. The Labute approximate surface area is 119 Å². The third kappa shape index (κ3) is 4.55. The number of anilines is 1. The van der Waals surface area contributed by atoms with Crippen molar-refractivity contribution in [2.24, 2.45) is 5.92 Å². The summed E-state index contributed by atoms with van der Waals surface area (Å²) in [6.45, 7) is 2.20. The van der Waals surface area contributed by atoms with Crippen molar-refractivity contribution in [1.29, 1.82) is 0 Å². The summed E-state index contributed by atoms with van der Waals surface area (Å²) in [7, 11) is 0. The van der Waals surface area contributed by atoms with Crippen LogP contribution in [0.25, 0.3) is 0 Å². The van der Waals surface area contributed by atoms with E-state index in [4.69, 9.17) is 0 Å². The Morgan fingerprint density at radius 2 is 2.11 bits per heavy atom. The highest BCUT2D eigenvalue weighted by atomic mass is 32.2. The maximum atomic E-state index is 12.0. The van der Waals surface area contributed by atoms with Crippen molar-refractivity contribution in [2.45, 2.75) is 30.6 Å². The van der Waals surface area contributed by atoms with Gasteiger partial charge in [0.2, 0.25) is 5.91 Å².